The molecule has 0 bridgehead atoms. The number of hydrogen-bond acceptors (Lipinski definition) is 3. The number of nitrogens with one attached hydrogen (secondary N) is 1. The van der Waals surface area contributed by atoms with Crippen molar-refractivity contribution in [2.24, 2.45) is 0 Å². The van der Waals surface area contributed by atoms with Crippen molar-refractivity contribution < 1.29 is 9.53 Å². The highest BCUT2D eigenvalue weighted by molar-refractivity contribution is 6.34. The zero-order valence-corrected chi connectivity index (χ0v) is 18.8. The molecule has 0 unspecified atom stereocenters. The maximum Gasteiger partial charge on any atom is 0.248 e. The topological polar surface area (TPSA) is 41.6 Å². The van der Waals surface area contributed by atoms with Gasteiger partial charge in [0.05, 0.1) is 6.61 Å². The van der Waals surface area contributed by atoms with Gasteiger partial charge in [-0.05, 0) is 87.8 Å². The zero-order chi connectivity index (χ0) is 21.3. The Morgan fingerprint density at radius 2 is 1.83 bits per heavy atom. The molecule has 2 aromatic carbocycles. The summed E-state index contributed by atoms with van der Waals surface area (Å²) in [6.45, 7) is 7.36. The molecule has 1 fully saturated rings. The van der Waals surface area contributed by atoms with Crippen molar-refractivity contribution in [3.05, 3.63) is 63.6 Å². The summed E-state index contributed by atoms with van der Waals surface area (Å²) >= 11 is 12.0. The fourth-order valence-corrected chi connectivity index (χ4v) is 4.89. The van der Waals surface area contributed by atoms with Crippen molar-refractivity contribution in [1.29, 1.82) is 0 Å². The minimum Gasteiger partial charge on any atom is -0.492 e. The van der Waals surface area contributed by atoms with E-state index in [1.807, 2.05) is 12.1 Å². The van der Waals surface area contributed by atoms with Crippen LogP contribution >= 0.6 is 23.2 Å². The molecule has 2 aromatic rings. The highest BCUT2D eigenvalue weighted by Crippen LogP contribution is 2.46. The first-order valence-corrected chi connectivity index (χ1v) is 11.1. The van der Waals surface area contributed by atoms with Gasteiger partial charge in [0, 0.05) is 38.8 Å². The quantitative estimate of drug-likeness (QED) is 0.607. The number of carbonyl (C=O) groups is 1. The SMILES string of the molecule is CC(C)N1CCC2(CC1)COc1ccc(NC(=O)C=Cc3cc(Cl)cc(Cl)c3)cc12. The standard InChI is InChI=1S/C24H26Cl2N2O2/c1-16(2)28-9-7-24(8-10-28)15-30-22-5-4-20(14-21(22)24)27-23(29)6-3-17-11-18(25)13-19(26)12-17/h3-6,11-14,16H,7-10,15H2,1-2H3,(H,27,29). The van der Waals surface area contributed by atoms with E-state index in [0.717, 1.165) is 49.5 Å². The van der Waals surface area contributed by atoms with Gasteiger partial charge >= 0.3 is 0 Å². The van der Waals surface area contributed by atoms with Crippen LogP contribution < -0.4 is 10.1 Å². The van der Waals surface area contributed by atoms with Crippen molar-refractivity contribution in [2.75, 3.05) is 25.0 Å². The predicted molar refractivity (Wildman–Crippen MR) is 124 cm³/mol. The first kappa shape index (κ1) is 21.2. The Morgan fingerprint density at radius 1 is 1.13 bits per heavy atom. The van der Waals surface area contributed by atoms with Gasteiger partial charge in [-0.2, -0.15) is 0 Å². The number of ether oxygens (including phenoxy) is 1. The molecule has 0 aliphatic carbocycles. The molecule has 4 nitrogen and oxygen atoms in total. The maximum absolute atomic E-state index is 12.4. The van der Waals surface area contributed by atoms with E-state index in [4.69, 9.17) is 27.9 Å². The summed E-state index contributed by atoms with van der Waals surface area (Å²) in [5.74, 6) is 0.740. The number of carbonyl (C=O) groups excluding carboxylic acids is 1. The second-order valence-electron chi connectivity index (χ2n) is 8.44. The second kappa shape index (κ2) is 8.62. The van der Waals surface area contributed by atoms with E-state index in [0.29, 0.717) is 16.1 Å². The number of rotatable bonds is 4. The Kier molecular flexibility index (Phi) is 6.10. The van der Waals surface area contributed by atoms with Crippen LogP contribution in [0, 0.1) is 0 Å². The monoisotopic (exact) mass is 444 g/mol. The molecule has 2 aliphatic rings. The van der Waals surface area contributed by atoms with E-state index in [1.54, 1.807) is 24.3 Å². The lowest BCUT2D eigenvalue weighted by Gasteiger charge is -2.40. The lowest BCUT2D eigenvalue weighted by atomic mass is 9.74. The third kappa shape index (κ3) is 4.51. The Hall–Kier alpha value is -2.01. The van der Waals surface area contributed by atoms with Crippen molar-refractivity contribution in [3.8, 4) is 5.75 Å². The van der Waals surface area contributed by atoms with Gasteiger partial charge in [-0.1, -0.05) is 23.2 Å². The average Bonchev–Trinajstić information content (AvgIpc) is 3.04. The predicted octanol–water partition coefficient (Wildman–Crippen LogP) is 5.78. The van der Waals surface area contributed by atoms with Gasteiger partial charge in [0.1, 0.15) is 5.75 Å². The fourth-order valence-electron chi connectivity index (χ4n) is 4.35. The van der Waals surface area contributed by atoms with Crippen molar-refractivity contribution >= 4 is 40.9 Å². The van der Waals surface area contributed by atoms with Crippen LogP contribution in [0.1, 0.15) is 37.8 Å². The summed E-state index contributed by atoms with van der Waals surface area (Å²) < 4.78 is 6.00. The minimum atomic E-state index is -0.200. The molecule has 158 valence electrons. The molecule has 0 atom stereocenters. The van der Waals surface area contributed by atoms with Gasteiger partial charge in [-0.25, -0.2) is 0 Å². The number of amides is 1. The van der Waals surface area contributed by atoms with Crippen molar-refractivity contribution in [2.45, 2.75) is 38.1 Å². The lowest BCUT2D eigenvalue weighted by Crippen LogP contribution is -2.46. The number of nitrogens with zero attached hydrogens (tertiary/aromatic N) is 1. The van der Waals surface area contributed by atoms with Gasteiger partial charge in [-0.3, -0.25) is 4.79 Å². The zero-order valence-electron chi connectivity index (χ0n) is 17.3. The number of benzene rings is 2. The summed E-state index contributed by atoms with van der Waals surface area (Å²) in [4.78, 5) is 15.0. The minimum absolute atomic E-state index is 0.0504. The Morgan fingerprint density at radius 3 is 2.50 bits per heavy atom. The molecule has 1 N–H and O–H groups in total. The molecule has 1 amide bonds. The van der Waals surface area contributed by atoms with Crippen LogP contribution in [0.4, 0.5) is 5.69 Å². The highest BCUT2D eigenvalue weighted by Gasteiger charge is 2.43. The van der Waals surface area contributed by atoms with E-state index in [-0.39, 0.29) is 11.3 Å². The second-order valence-corrected chi connectivity index (χ2v) is 9.31. The molecule has 1 saturated heterocycles. The largest absolute Gasteiger partial charge is 0.492 e. The smallest absolute Gasteiger partial charge is 0.248 e. The first-order valence-electron chi connectivity index (χ1n) is 10.3. The Bertz CT molecular complexity index is 959. The summed E-state index contributed by atoms with van der Waals surface area (Å²) in [5, 5.41) is 4.04. The van der Waals surface area contributed by atoms with Crippen LogP contribution in [0.15, 0.2) is 42.5 Å². The summed E-state index contributed by atoms with van der Waals surface area (Å²) in [6, 6.07) is 11.7. The molecule has 6 heteroatoms. The van der Waals surface area contributed by atoms with Crippen LogP contribution in [-0.2, 0) is 10.2 Å². The summed E-state index contributed by atoms with van der Waals surface area (Å²) in [5.41, 5.74) is 2.83. The average molecular weight is 445 g/mol. The summed E-state index contributed by atoms with van der Waals surface area (Å²) in [7, 11) is 0. The number of fused-ring (bicyclic) bond motifs is 2. The van der Waals surface area contributed by atoms with Gasteiger partial charge < -0.3 is 15.0 Å². The van der Waals surface area contributed by atoms with Gasteiger partial charge in [0.15, 0.2) is 0 Å². The molecule has 0 radical (unpaired) electrons. The van der Waals surface area contributed by atoms with E-state index in [9.17, 15) is 4.79 Å². The number of likely N-dealkylation sites (tertiary alicyclic amines) is 1. The highest BCUT2D eigenvalue weighted by atomic mass is 35.5. The molecular formula is C24H26Cl2N2O2. The molecular weight excluding hydrogens is 419 g/mol. The number of anilines is 1. The molecule has 0 aromatic heterocycles. The Balaban J connectivity index is 1.47. The van der Waals surface area contributed by atoms with Gasteiger partial charge in [-0.15, -0.1) is 0 Å². The van der Waals surface area contributed by atoms with E-state index < -0.39 is 0 Å². The fraction of sp³-hybridized carbons (Fsp3) is 0.375. The normalized spacial score (nSPS) is 18.0. The van der Waals surface area contributed by atoms with Gasteiger partial charge in [0.25, 0.3) is 0 Å². The van der Waals surface area contributed by atoms with Crippen LogP contribution in [0.5, 0.6) is 5.75 Å². The molecule has 2 heterocycles. The van der Waals surface area contributed by atoms with E-state index in [2.05, 4.69) is 30.1 Å². The summed E-state index contributed by atoms with van der Waals surface area (Å²) in [6.07, 6.45) is 5.34. The van der Waals surface area contributed by atoms with Crippen molar-refractivity contribution in [1.82, 2.24) is 4.90 Å². The molecule has 4 rings (SSSR count). The maximum atomic E-state index is 12.4. The van der Waals surface area contributed by atoms with E-state index >= 15 is 0 Å². The first-order chi connectivity index (χ1) is 14.3. The third-order valence-corrected chi connectivity index (χ3v) is 6.56. The third-order valence-electron chi connectivity index (χ3n) is 6.12. The van der Waals surface area contributed by atoms with Crippen molar-refractivity contribution in [3.63, 3.8) is 0 Å². The molecule has 1 spiro atoms. The number of piperidine rings is 1. The van der Waals surface area contributed by atoms with Crippen LogP contribution in [0.25, 0.3) is 6.08 Å². The number of halogens is 2. The van der Waals surface area contributed by atoms with E-state index in [1.165, 1.54) is 11.6 Å². The Labute approximate surface area is 187 Å². The van der Waals surface area contributed by atoms with Crippen LogP contribution in [-0.4, -0.2) is 36.5 Å². The van der Waals surface area contributed by atoms with Gasteiger partial charge in [0.2, 0.25) is 5.91 Å². The van der Waals surface area contributed by atoms with Crippen LogP contribution in [0.2, 0.25) is 10.0 Å². The van der Waals surface area contributed by atoms with Crippen LogP contribution in [0.3, 0.4) is 0 Å². The molecule has 2 aliphatic heterocycles. The number of hydrogen-bond donors (Lipinski definition) is 1. The lowest BCUT2D eigenvalue weighted by molar-refractivity contribution is -0.111. The molecule has 0 saturated carbocycles. The molecule has 30 heavy (non-hydrogen) atoms.